The Morgan fingerprint density at radius 3 is 2.89 bits per heavy atom. The van der Waals surface area contributed by atoms with Gasteiger partial charge in [-0.05, 0) is 39.8 Å². The number of anilines is 2. The molecule has 0 aromatic carbocycles. The molecule has 0 aliphatic heterocycles. The van der Waals surface area contributed by atoms with Gasteiger partial charge in [0.2, 0.25) is 0 Å². The Morgan fingerprint density at radius 1 is 1.44 bits per heavy atom. The molecule has 4 nitrogen and oxygen atoms in total. The Balaban J connectivity index is 1.83. The van der Waals surface area contributed by atoms with E-state index in [0.717, 1.165) is 30.6 Å². The Bertz CT molecular complexity index is 376. The molecule has 1 fully saturated rings. The van der Waals surface area contributed by atoms with Crippen LogP contribution in [0.5, 0.6) is 0 Å². The van der Waals surface area contributed by atoms with Crippen LogP contribution in [0, 0.1) is 0 Å². The summed E-state index contributed by atoms with van der Waals surface area (Å²) >= 11 is 0. The van der Waals surface area contributed by atoms with Crippen molar-refractivity contribution in [3.63, 3.8) is 0 Å². The molecule has 1 aromatic heterocycles. The van der Waals surface area contributed by atoms with Crippen molar-refractivity contribution in [1.29, 1.82) is 0 Å². The largest absolute Gasteiger partial charge is 0.383 e. The number of hydrogen-bond donors (Lipinski definition) is 2. The molecule has 2 rings (SSSR count). The standard InChI is InChI=1S/C14H24N4/c1-4-15-14-9-12(7-8-16-14)17-10-11(2)18(3)13-5-6-13/h7-9,11,13H,4-6,10H2,1-3H3,(H2,15,16,17). The second-order valence-corrected chi connectivity index (χ2v) is 5.09. The van der Waals surface area contributed by atoms with Crippen molar-refractivity contribution in [2.45, 2.75) is 38.8 Å². The van der Waals surface area contributed by atoms with E-state index in [9.17, 15) is 0 Å². The lowest BCUT2D eigenvalue weighted by Gasteiger charge is -2.25. The van der Waals surface area contributed by atoms with Crippen LogP contribution >= 0.6 is 0 Å². The molecule has 1 aromatic rings. The SMILES string of the molecule is CCNc1cc(NCC(C)N(C)C2CC2)ccn1. The molecule has 4 heteroatoms. The van der Waals surface area contributed by atoms with Crippen LogP contribution in [-0.4, -0.2) is 42.1 Å². The van der Waals surface area contributed by atoms with Crippen LogP contribution in [0.25, 0.3) is 0 Å². The number of rotatable bonds is 7. The van der Waals surface area contributed by atoms with Gasteiger partial charge in [-0.3, -0.25) is 4.90 Å². The van der Waals surface area contributed by atoms with Crippen LogP contribution in [0.2, 0.25) is 0 Å². The number of nitrogens with zero attached hydrogens (tertiary/aromatic N) is 2. The summed E-state index contributed by atoms with van der Waals surface area (Å²) < 4.78 is 0. The Hall–Kier alpha value is -1.29. The van der Waals surface area contributed by atoms with Crippen LogP contribution in [0.3, 0.4) is 0 Å². The van der Waals surface area contributed by atoms with Gasteiger partial charge in [-0.15, -0.1) is 0 Å². The number of likely N-dealkylation sites (N-methyl/N-ethyl adjacent to an activating group) is 1. The highest BCUT2D eigenvalue weighted by atomic mass is 15.2. The fraction of sp³-hybridized carbons (Fsp3) is 0.643. The molecule has 0 bridgehead atoms. The topological polar surface area (TPSA) is 40.2 Å². The average Bonchev–Trinajstić information content (AvgIpc) is 3.20. The van der Waals surface area contributed by atoms with E-state index in [4.69, 9.17) is 0 Å². The van der Waals surface area contributed by atoms with Crippen LogP contribution in [0.1, 0.15) is 26.7 Å². The molecular weight excluding hydrogens is 224 g/mol. The van der Waals surface area contributed by atoms with Crippen molar-refractivity contribution in [2.75, 3.05) is 30.8 Å². The third-order valence-corrected chi connectivity index (χ3v) is 3.54. The monoisotopic (exact) mass is 248 g/mol. The molecule has 100 valence electrons. The third-order valence-electron chi connectivity index (χ3n) is 3.54. The van der Waals surface area contributed by atoms with Crippen LogP contribution in [0.15, 0.2) is 18.3 Å². The summed E-state index contributed by atoms with van der Waals surface area (Å²) in [6.07, 6.45) is 4.57. The maximum atomic E-state index is 4.27. The molecule has 0 radical (unpaired) electrons. The van der Waals surface area contributed by atoms with Crippen LogP contribution < -0.4 is 10.6 Å². The molecule has 2 N–H and O–H groups in total. The highest BCUT2D eigenvalue weighted by Gasteiger charge is 2.28. The second kappa shape index (κ2) is 6.05. The van der Waals surface area contributed by atoms with E-state index in [1.807, 2.05) is 12.3 Å². The lowest BCUT2D eigenvalue weighted by Crippen LogP contribution is -2.36. The summed E-state index contributed by atoms with van der Waals surface area (Å²) in [6, 6.07) is 5.46. The van der Waals surface area contributed by atoms with E-state index < -0.39 is 0 Å². The fourth-order valence-corrected chi connectivity index (χ4v) is 2.07. The minimum Gasteiger partial charge on any atom is -0.383 e. The van der Waals surface area contributed by atoms with Crippen molar-refractivity contribution in [2.24, 2.45) is 0 Å². The summed E-state index contributed by atoms with van der Waals surface area (Å²) in [4.78, 5) is 6.74. The number of pyridine rings is 1. The summed E-state index contributed by atoms with van der Waals surface area (Å²) in [5.74, 6) is 0.936. The van der Waals surface area contributed by atoms with Crippen LogP contribution in [0.4, 0.5) is 11.5 Å². The molecule has 18 heavy (non-hydrogen) atoms. The van der Waals surface area contributed by atoms with Gasteiger partial charge < -0.3 is 10.6 Å². The van der Waals surface area contributed by atoms with E-state index in [0.29, 0.717) is 6.04 Å². The molecule has 0 spiro atoms. The van der Waals surface area contributed by atoms with Gasteiger partial charge in [0.1, 0.15) is 5.82 Å². The number of aromatic nitrogens is 1. The van der Waals surface area contributed by atoms with Gasteiger partial charge in [-0.25, -0.2) is 4.98 Å². The van der Waals surface area contributed by atoms with E-state index in [-0.39, 0.29) is 0 Å². The summed E-state index contributed by atoms with van der Waals surface area (Å²) in [7, 11) is 2.22. The first-order valence-electron chi connectivity index (χ1n) is 6.86. The molecule has 0 amide bonds. The van der Waals surface area contributed by atoms with E-state index in [2.05, 4.69) is 47.5 Å². The maximum Gasteiger partial charge on any atom is 0.127 e. The smallest absolute Gasteiger partial charge is 0.127 e. The van der Waals surface area contributed by atoms with Gasteiger partial charge in [-0.1, -0.05) is 0 Å². The molecule has 1 heterocycles. The minimum absolute atomic E-state index is 0.563. The normalized spacial score (nSPS) is 16.7. The lowest BCUT2D eigenvalue weighted by atomic mass is 10.2. The van der Waals surface area contributed by atoms with Gasteiger partial charge in [0.05, 0.1) is 0 Å². The van der Waals surface area contributed by atoms with Crippen molar-refractivity contribution in [3.05, 3.63) is 18.3 Å². The predicted molar refractivity (Wildman–Crippen MR) is 77.1 cm³/mol. The highest BCUT2D eigenvalue weighted by molar-refractivity contribution is 5.51. The quantitative estimate of drug-likeness (QED) is 0.777. The minimum atomic E-state index is 0.563. The van der Waals surface area contributed by atoms with Crippen molar-refractivity contribution in [1.82, 2.24) is 9.88 Å². The van der Waals surface area contributed by atoms with Crippen molar-refractivity contribution >= 4 is 11.5 Å². The fourth-order valence-electron chi connectivity index (χ4n) is 2.07. The first kappa shape index (κ1) is 13.1. The zero-order valence-electron chi connectivity index (χ0n) is 11.6. The van der Waals surface area contributed by atoms with Crippen molar-refractivity contribution < 1.29 is 0 Å². The van der Waals surface area contributed by atoms with Gasteiger partial charge in [0.15, 0.2) is 0 Å². The maximum absolute atomic E-state index is 4.27. The first-order valence-corrected chi connectivity index (χ1v) is 6.86. The highest BCUT2D eigenvalue weighted by Crippen LogP contribution is 2.27. The van der Waals surface area contributed by atoms with E-state index in [1.54, 1.807) is 0 Å². The second-order valence-electron chi connectivity index (χ2n) is 5.09. The Kier molecular flexibility index (Phi) is 4.42. The molecule has 1 aliphatic carbocycles. The Labute approximate surface area is 110 Å². The number of hydrogen-bond acceptors (Lipinski definition) is 4. The van der Waals surface area contributed by atoms with Crippen molar-refractivity contribution in [3.8, 4) is 0 Å². The number of nitrogens with one attached hydrogen (secondary N) is 2. The van der Waals surface area contributed by atoms with Gasteiger partial charge in [0.25, 0.3) is 0 Å². The molecule has 1 aliphatic rings. The first-order chi connectivity index (χ1) is 8.70. The molecule has 0 saturated heterocycles. The summed E-state index contributed by atoms with van der Waals surface area (Å²) in [6.45, 7) is 6.23. The molecule has 1 atom stereocenters. The lowest BCUT2D eigenvalue weighted by molar-refractivity contribution is 0.257. The van der Waals surface area contributed by atoms with Gasteiger partial charge >= 0.3 is 0 Å². The zero-order valence-corrected chi connectivity index (χ0v) is 11.6. The summed E-state index contributed by atoms with van der Waals surface area (Å²) in [5.41, 5.74) is 1.14. The van der Waals surface area contributed by atoms with Gasteiger partial charge in [0, 0.05) is 43.1 Å². The third kappa shape index (κ3) is 3.60. The van der Waals surface area contributed by atoms with Gasteiger partial charge in [-0.2, -0.15) is 0 Å². The van der Waals surface area contributed by atoms with E-state index >= 15 is 0 Å². The van der Waals surface area contributed by atoms with Crippen LogP contribution in [-0.2, 0) is 0 Å². The molecule has 1 saturated carbocycles. The molecular formula is C14H24N4. The molecule has 1 unspecified atom stereocenters. The summed E-state index contributed by atoms with van der Waals surface area (Å²) in [5, 5.41) is 6.71. The zero-order chi connectivity index (χ0) is 13.0. The average molecular weight is 248 g/mol. The Morgan fingerprint density at radius 2 is 2.22 bits per heavy atom. The van der Waals surface area contributed by atoms with E-state index in [1.165, 1.54) is 12.8 Å². The predicted octanol–water partition coefficient (Wildman–Crippen LogP) is 2.41.